The van der Waals surface area contributed by atoms with Gasteiger partial charge >= 0.3 is 0 Å². The van der Waals surface area contributed by atoms with Crippen molar-refractivity contribution in [3.8, 4) is 0 Å². The fourth-order valence-electron chi connectivity index (χ4n) is 1.53. The number of aromatic nitrogens is 1. The van der Waals surface area contributed by atoms with Gasteiger partial charge in [0.1, 0.15) is 0 Å². The molecule has 3 heteroatoms. The van der Waals surface area contributed by atoms with Crippen molar-refractivity contribution in [2.45, 2.75) is 6.92 Å². The summed E-state index contributed by atoms with van der Waals surface area (Å²) in [4.78, 5) is 22.3. The number of hydrogen-bond acceptors (Lipinski definition) is 2. The minimum atomic E-state index is -0.263. The Morgan fingerprint density at radius 2 is 2.14 bits per heavy atom. The predicted octanol–water partition coefficient (Wildman–Crippen LogP) is 1.42. The molecule has 14 heavy (non-hydrogen) atoms. The van der Waals surface area contributed by atoms with Gasteiger partial charge in [-0.2, -0.15) is 0 Å². The number of aldehydes is 1. The fourth-order valence-corrected chi connectivity index (χ4v) is 1.53. The lowest BCUT2D eigenvalue weighted by Crippen LogP contribution is -2.18. The number of nitrogens with zero attached hydrogens (tertiary/aromatic N) is 1. The average molecular weight is 187 g/mol. The first kappa shape index (κ1) is 8.69. The zero-order chi connectivity index (χ0) is 10.1. The van der Waals surface area contributed by atoms with Crippen molar-refractivity contribution in [3.63, 3.8) is 0 Å². The molecule has 0 aliphatic heterocycles. The van der Waals surface area contributed by atoms with Crippen LogP contribution in [-0.4, -0.2) is 10.7 Å². The Morgan fingerprint density at radius 3 is 2.86 bits per heavy atom. The van der Waals surface area contributed by atoms with Crippen LogP contribution in [0.5, 0.6) is 0 Å². The van der Waals surface area contributed by atoms with Crippen molar-refractivity contribution in [2.24, 2.45) is 0 Å². The third-order valence-corrected chi connectivity index (χ3v) is 2.23. The second-order valence-electron chi connectivity index (χ2n) is 3.16. The van der Waals surface area contributed by atoms with Gasteiger partial charge in [0.25, 0.3) is 5.56 Å². The van der Waals surface area contributed by atoms with E-state index in [9.17, 15) is 9.59 Å². The number of pyridine rings is 2. The van der Waals surface area contributed by atoms with Crippen molar-refractivity contribution in [1.29, 1.82) is 0 Å². The van der Waals surface area contributed by atoms with Crippen molar-refractivity contribution in [3.05, 3.63) is 51.9 Å². The van der Waals surface area contributed by atoms with Crippen LogP contribution in [-0.2, 0) is 0 Å². The molecule has 2 aromatic heterocycles. The van der Waals surface area contributed by atoms with Gasteiger partial charge in [0.05, 0.1) is 11.1 Å². The molecule has 0 N–H and O–H groups in total. The van der Waals surface area contributed by atoms with Crippen LogP contribution < -0.4 is 5.56 Å². The number of aryl methyl sites for hydroxylation is 1. The molecule has 0 bridgehead atoms. The average Bonchev–Trinajstić information content (AvgIpc) is 2.23. The third kappa shape index (κ3) is 1.14. The number of carbonyl (C=O) groups is 1. The highest BCUT2D eigenvalue weighted by molar-refractivity contribution is 5.76. The van der Waals surface area contributed by atoms with Crippen LogP contribution >= 0.6 is 0 Å². The molecule has 70 valence electrons. The zero-order valence-electron chi connectivity index (χ0n) is 7.73. The lowest BCUT2D eigenvalue weighted by molar-refractivity contribution is 0.112. The normalized spacial score (nSPS) is 10.4. The van der Waals surface area contributed by atoms with Crippen LogP contribution in [0.3, 0.4) is 0 Å². The lowest BCUT2D eigenvalue weighted by atomic mass is 10.1. The smallest absolute Gasteiger partial charge is 0.265 e. The summed E-state index contributed by atoms with van der Waals surface area (Å²) in [5, 5.41) is 0. The van der Waals surface area contributed by atoms with Gasteiger partial charge in [-0.25, -0.2) is 0 Å². The Bertz CT molecular complexity index is 555. The van der Waals surface area contributed by atoms with Crippen molar-refractivity contribution in [1.82, 2.24) is 4.40 Å². The molecule has 0 saturated carbocycles. The van der Waals surface area contributed by atoms with E-state index in [1.807, 2.05) is 19.1 Å². The van der Waals surface area contributed by atoms with Gasteiger partial charge in [-0.1, -0.05) is 6.07 Å². The van der Waals surface area contributed by atoms with Crippen LogP contribution in [0.4, 0.5) is 0 Å². The topological polar surface area (TPSA) is 38.5 Å². The zero-order valence-corrected chi connectivity index (χ0v) is 7.73. The Morgan fingerprint density at radius 1 is 1.36 bits per heavy atom. The molecule has 0 aliphatic rings. The summed E-state index contributed by atoms with van der Waals surface area (Å²) in [6.07, 6.45) is 2.26. The Kier molecular flexibility index (Phi) is 1.93. The maximum absolute atomic E-state index is 11.6. The van der Waals surface area contributed by atoms with Gasteiger partial charge < -0.3 is 0 Å². The van der Waals surface area contributed by atoms with E-state index in [1.54, 1.807) is 18.3 Å². The van der Waals surface area contributed by atoms with Gasteiger partial charge in [-0.3, -0.25) is 14.0 Å². The molecule has 0 aliphatic carbocycles. The van der Waals surface area contributed by atoms with Gasteiger partial charge in [0.15, 0.2) is 6.29 Å². The van der Waals surface area contributed by atoms with Gasteiger partial charge in [0, 0.05) is 6.20 Å². The standard InChI is InChI=1S/C11H9NO2/c1-8-6-9(7-13)11(14)12-5-3-2-4-10(8)12/h2-7H,1H3. The second kappa shape index (κ2) is 3.10. The molecule has 0 amide bonds. The maximum atomic E-state index is 11.6. The molecule has 0 saturated heterocycles. The van der Waals surface area contributed by atoms with Gasteiger partial charge in [-0.05, 0) is 30.7 Å². The highest BCUT2D eigenvalue weighted by Gasteiger charge is 2.04. The molecule has 0 unspecified atom stereocenters. The first-order valence-electron chi connectivity index (χ1n) is 4.30. The molecule has 0 spiro atoms. The highest BCUT2D eigenvalue weighted by atomic mass is 16.1. The van der Waals surface area contributed by atoms with E-state index < -0.39 is 0 Å². The third-order valence-electron chi connectivity index (χ3n) is 2.23. The summed E-state index contributed by atoms with van der Waals surface area (Å²) in [7, 11) is 0. The van der Waals surface area contributed by atoms with Crippen LogP contribution in [0.15, 0.2) is 35.3 Å². The summed E-state index contributed by atoms with van der Waals surface area (Å²) in [5.74, 6) is 0. The quantitative estimate of drug-likeness (QED) is 0.633. The van der Waals surface area contributed by atoms with Crippen LogP contribution in [0, 0.1) is 6.92 Å². The first-order valence-corrected chi connectivity index (χ1v) is 4.30. The van der Waals surface area contributed by atoms with E-state index in [0.29, 0.717) is 6.29 Å². The summed E-state index contributed by atoms with van der Waals surface area (Å²) in [5.41, 5.74) is 1.70. The van der Waals surface area contributed by atoms with Crippen LogP contribution in [0.1, 0.15) is 15.9 Å². The highest BCUT2D eigenvalue weighted by Crippen LogP contribution is 2.07. The molecule has 2 heterocycles. The Hall–Kier alpha value is -1.90. The van der Waals surface area contributed by atoms with Crippen molar-refractivity contribution >= 4 is 11.8 Å². The van der Waals surface area contributed by atoms with E-state index in [-0.39, 0.29) is 11.1 Å². The monoisotopic (exact) mass is 187 g/mol. The molecule has 0 fully saturated rings. The molecule has 2 rings (SSSR count). The molecule has 2 aromatic rings. The molecule has 0 radical (unpaired) electrons. The number of hydrogen-bond donors (Lipinski definition) is 0. The molecule has 3 nitrogen and oxygen atoms in total. The largest absolute Gasteiger partial charge is 0.298 e. The number of carbonyl (C=O) groups excluding carboxylic acids is 1. The lowest BCUT2D eigenvalue weighted by Gasteiger charge is -2.03. The minimum absolute atomic E-state index is 0.200. The van der Waals surface area contributed by atoms with Gasteiger partial charge in [0.2, 0.25) is 0 Å². The molecule has 0 aromatic carbocycles. The van der Waals surface area contributed by atoms with Crippen LogP contribution in [0.2, 0.25) is 0 Å². The Balaban J connectivity index is 3.02. The van der Waals surface area contributed by atoms with Crippen molar-refractivity contribution in [2.75, 3.05) is 0 Å². The molecule has 0 atom stereocenters. The van der Waals surface area contributed by atoms with E-state index in [4.69, 9.17) is 0 Å². The Labute approximate surface area is 80.6 Å². The maximum Gasteiger partial charge on any atom is 0.265 e. The number of rotatable bonds is 1. The molecular formula is C11H9NO2. The summed E-state index contributed by atoms with van der Waals surface area (Å²) >= 11 is 0. The minimum Gasteiger partial charge on any atom is -0.298 e. The second-order valence-corrected chi connectivity index (χ2v) is 3.16. The van der Waals surface area contributed by atoms with Crippen LogP contribution in [0.25, 0.3) is 5.52 Å². The SMILES string of the molecule is Cc1cc(C=O)c(=O)n2ccccc12. The number of fused-ring (bicyclic) bond motifs is 1. The molecular weight excluding hydrogens is 178 g/mol. The fraction of sp³-hybridized carbons (Fsp3) is 0.0909. The first-order chi connectivity index (χ1) is 6.74. The van der Waals surface area contributed by atoms with E-state index in [2.05, 4.69) is 0 Å². The summed E-state index contributed by atoms with van der Waals surface area (Å²) < 4.78 is 1.49. The van der Waals surface area contributed by atoms with Gasteiger partial charge in [-0.15, -0.1) is 0 Å². The summed E-state index contributed by atoms with van der Waals surface area (Å²) in [6.45, 7) is 1.88. The van der Waals surface area contributed by atoms with Crippen molar-refractivity contribution < 1.29 is 4.79 Å². The van der Waals surface area contributed by atoms with E-state index in [1.165, 1.54) is 4.40 Å². The van der Waals surface area contributed by atoms with E-state index in [0.717, 1.165) is 11.1 Å². The predicted molar refractivity (Wildman–Crippen MR) is 53.8 cm³/mol. The van der Waals surface area contributed by atoms with E-state index >= 15 is 0 Å². The summed E-state index contributed by atoms with van der Waals surface area (Å²) in [6, 6.07) is 7.10.